The highest BCUT2D eigenvalue weighted by Crippen LogP contribution is 2.28. The Balaban J connectivity index is 2.21. The summed E-state index contributed by atoms with van der Waals surface area (Å²) < 4.78 is 5.41. The van der Waals surface area contributed by atoms with E-state index in [4.69, 9.17) is 27.6 Å². The van der Waals surface area contributed by atoms with E-state index < -0.39 is 6.10 Å². The molecule has 0 aliphatic heterocycles. The summed E-state index contributed by atoms with van der Waals surface area (Å²) in [5.41, 5.74) is 1.67. The molecule has 1 aromatic carbocycles. The first kappa shape index (κ1) is 13.5. The fraction of sp³-hybridized carbons (Fsp3) is 0.286. The standard InChI is InChI=1S/C14H14Cl2O2/c1-8-5-12(9(2)18-8)14(17)6-10-3-4-11(15)7-13(10)16/h3-5,7,14,17H,6H2,1-2H3. The van der Waals surface area contributed by atoms with Gasteiger partial charge >= 0.3 is 0 Å². The van der Waals surface area contributed by atoms with E-state index in [1.54, 1.807) is 12.1 Å². The molecule has 1 heterocycles. The third kappa shape index (κ3) is 2.89. The second kappa shape index (κ2) is 5.35. The van der Waals surface area contributed by atoms with E-state index in [1.165, 1.54) is 0 Å². The van der Waals surface area contributed by atoms with Gasteiger partial charge in [0.15, 0.2) is 0 Å². The highest BCUT2D eigenvalue weighted by atomic mass is 35.5. The predicted octanol–water partition coefficient (Wildman–Crippen LogP) is 4.48. The lowest BCUT2D eigenvalue weighted by atomic mass is 10.0. The summed E-state index contributed by atoms with van der Waals surface area (Å²) in [6.07, 6.45) is -0.184. The first-order valence-corrected chi connectivity index (χ1v) is 6.42. The molecule has 1 N–H and O–H groups in total. The molecule has 96 valence electrons. The van der Waals surface area contributed by atoms with Crippen molar-refractivity contribution < 1.29 is 9.52 Å². The Bertz CT molecular complexity index is 561. The molecule has 4 heteroatoms. The highest BCUT2D eigenvalue weighted by molar-refractivity contribution is 6.35. The van der Waals surface area contributed by atoms with Gasteiger partial charge in [-0.05, 0) is 37.6 Å². The summed E-state index contributed by atoms with van der Waals surface area (Å²) in [4.78, 5) is 0. The second-order valence-electron chi connectivity index (χ2n) is 4.32. The summed E-state index contributed by atoms with van der Waals surface area (Å²) >= 11 is 11.9. The van der Waals surface area contributed by atoms with E-state index in [9.17, 15) is 5.11 Å². The zero-order valence-corrected chi connectivity index (χ0v) is 11.7. The van der Waals surface area contributed by atoms with Gasteiger partial charge in [-0.1, -0.05) is 29.3 Å². The first-order valence-electron chi connectivity index (χ1n) is 5.66. The minimum Gasteiger partial charge on any atom is -0.466 e. The van der Waals surface area contributed by atoms with Gasteiger partial charge in [-0.3, -0.25) is 0 Å². The minimum absolute atomic E-state index is 0.440. The molecule has 0 bridgehead atoms. The van der Waals surface area contributed by atoms with Crippen molar-refractivity contribution in [3.8, 4) is 0 Å². The van der Waals surface area contributed by atoms with Crippen LogP contribution in [0.15, 0.2) is 28.7 Å². The molecule has 0 amide bonds. The van der Waals surface area contributed by atoms with Gasteiger partial charge < -0.3 is 9.52 Å². The monoisotopic (exact) mass is 284 g/mol. The number of aryl methyl sites for hydroxylation is 2. The number of furan rings is 1. The molecule has 2 aromatic rings. The van der Waals surface area contributed by atoms with Crippen LogP contribution in [-0.2, 0) is 6.42 Å². The zero-order chi connectivity index (χ0) is 13.3. The topological polar surface area (TPSA) is 33.4 Å². The van der Waals surface area contributed by atoms with E-state index in [-0.39, 0.29) is 0 Å². The Hall–Kier alpha value is -0.960. The molecule has 1 aromatic heterocycles. The maximum atomic E-state index is 10.2. The van der Waals surface area contributed by atoms with Crippen molar-refractivity contribution >= 4 is 23.2 Å². The quantitative estimate of drug-likeness (QED) is 0.902. The Morgan fingerprint density at radius 2 is 1.94 bits per heavy atom. The van der Waals surface area contributed by atoms with E-state index in [2.05, 4.69) is 0 Å². The van der Waals surface area contributed by atoms with Gasteiger partial charge in [0.1, 0.15) is 11.5 Å². The molecule has 0 radical (unpaired) electrons. The molecule has 0 saturated heterocycles. The van der Waals surface area contributed by atoms with Crippen molar-refractivity contribution in [2.45, 2.75) is 26.4 Å². The lowest BCUT2D eigenvalue weighted by molar-refractivity contribution is 0.176. The Kier molecular flexibility index (Phi) is 4.00. The van der Waals surface area contributed by atoms with Crippen LogP contribution in [0.5, 0.6) is 0 Å². The van der Waals surface area contributed by atoms with Crippen molar-refractivity contribution in [3.63, 3.8) is 0 Å². The molecule has 1 atom stereocenters. The van der Waals surface area contributed by atoms with Crippen LogP contribution >= 0.6 is 23.2 Å². The van der Waals surface area contributed by atoms with E-state index >= 15 is 0 Å². The fourth-order valence-electron chi connectivity index (χ4n) is 1.99. The number of rotatable bonds is 3. The van der Waals surface area contributed by atoms with Crippen LogP contribution in [0.1, 0.15) is 28.8 Å². The molecular weight excluding hydrogens is 271 g/mol. The van der Waals surface area contributed by atoms with E-state index in [0.717, 1.165) is 22.6 Å². The lowest BCUT2D eigenvalue weighted by Crippen LogP contribution is -2.02. The third-order valence-electron chi connectivity index (χ3n) is 2.87. The Labute approximate surface area is 116 Å². The van der Waals surface area contributed by atoms with Gasteiger partial charge in [0.25, 0.3) is 0 Å². The Morgan fingerprint density at radius 3 is 2.50 bits per heavy atom. The molecule has 1 unspecified atom stereocenters. The molecule has 0 saturated carbocycles. The largest absolute Gasteiger partial charge is 0.466 e. The third-order valence-corrected chi connectivity index (χ3v) is 3.45. The number of aliphatic hydroxyl groups is 1. The summed E-state index contributed by atoms with van der Waals surface area (Å²) in [7, 11) is 0. The van der Waals surface area contributed by atoms with Crippen LogP contribution in [0.3, 0.4) is 0 Å². The summed E-state index contributed by atoms with van der Waals surface area (Å²) in [5.74, 6) is 1.54. The van der Waals surface area contributed by atoms with Crippen molar-refractivity contribution in [1.29, 1.82) is 0 Å². The SMILES string of the molecule is Cc1cc(C(O)Cc2ccc(Cl)cc2Cl)c(C)o1. The molecule has 18 heavy (non-hydrogen) atoms. The van der Waals surface area contributed by atoms with Crippen LogP contribution in [0, 0.1) is 13.8 Å². The van der Waals surface area contributed by atoms with Crippen molar-refractivity contribution in [2.24, 2.45) is 0 Å². The minimum atomic E-state index is -0.624. The fourth-order valence-corrected chi connectivity index (χ4v) is 2.47. The second-order valence-corrected chi connectivity index (χ2v) is 5.17. The van der Waals surface area contributed by atoms with Gasteiger partial charge in [-0.15, -0.1) is 0 Å². The molecule has 0 fully saturated rings. The van der Waals surface area contributed by atoms with Gasteiger partial charge in [0.05, 0.1) is 6.10 Å². The normalized spacial score (nSPS) is 12.7. The Morgan fingerprint density at radius 1 is 1.22 bits per heavy atom. The molecule has 2 rings (SSSR count). The van der Waals surface area contributed by atoms with Crippen molar-refractivity contribution in [2.75, 3.05) is 0 Å². The first-order chi connectivity index (χ1) is 8.47. The van der Waals surface area contributed by atoms with E-state index in [0.29, 0.717) is 16.5 Å². The number of hydrogen-bond donors (Lipinski definition) is 1. The number of hydrogen-bond acceptors (Lipinski definition) is 2. The summed E-state index contributed by atoms with van der Waals surface area (Å²) in [6.45, 7) is 3.70. The van der Waals surface area contributed by atoms with Gasteiger partial charge in [-0.25, -0.2) is 0 Å². The van der Waals surface area contributed by atoms with Gasteiger partial charge in [0.2, 0.25) is 0 Å². The zero-order valence-electron chi connectivity index (χ0n) is 10.2. The smallest absolute Gasteiger partial charge is 0.106 e. The number of halogens is 2. The van der Waals surface area contributed by atoms with Crippen molar-refractivity contribution in [3.05, 3.63) is 57.0 Å². The van der Waals surface area contributed by atoms with Gasteiger partial charge in [0, 0.05) is 22.0 Å². The van der Waals surface area contributed by atoms with Crippen LogP contribution in [0.2, 0.25) is 10.0 Å². The molecule has 0 spiro atoms. The van der Waals surface area contributed by atoms with Crippen LogP contribution in [0.4, 0.5) is 0 Å². The maximum Gasteiger partial charge on any atom is 0.106 e. The maximum absolute atomic E-state index is 10.2. The van der Waals surface area contributed by atoms with Crippen LogP contribution in [-0.4, -0.2) is 5.11 Å². The molecule has 2 nitrogen and oxygen atoms in total. The predicted molar refractivity (Wildman–Crippen MR) is 73.3 cm³/mol. The molecule has 0 aliphatic carbocycles. The van der Waals surface area contributed by atoms with Crippen LogP contribution in [0.25, 0.3) is 0 Å². The lowest BCUT2D eigenvalue weighted by Gasteiger charge is -2.11. The summed E-state index contributed by atoms with van der Waals surface area (Å²) in [5, 5.41) is 11.4. The average Bonchev–Trinajstić information content (AvgIpc) is 2.62. The average molecular weight is 285 g/mol. The number of aliphatic hydroxyl groups excluding tert-OH is 1. The van der Waals surface area contributed by atoms with Crippen LogP contribution < -0.4 is 0 Å². The molecule has 0 aliphatic rings. The van der Waals surface area contributed by atoms with Gasteiger partial charge in [-0.2, -0.15) is 0 Å². The highest BCUT2D eigenvalue weighted by Gasteiger charge is 2.16. The number of benzene rings is 1. The van der Waals surface area contributed by atoms with E-state index in [1.807, 2.05) is 26.0 Å². The molecular formula is C14H14Cl2O2. The van der Waals surface area contributed by atoms with Crippen molar-refractivity contribution in [1.82, 2.24) is 0 Å². The summed E-state index contributed by atoms with van der Waals surface area (Å²) in [6, 6.07) is 7.13.